The van der Waals surface area contributed by atoms with Crippen LogP contribution in [0.25, 0.3) is 0 Å². The number of para-hydroxylation sites is 1. The van der Waals surface area contributed by atoms with Crippen molar-refractivity contribution in [3.8, 4) is 11.5 Å². The number of hydrogen-bond donors (Lipinski definition) is 1. The van der Waals surface area contributed by atoms with E-state index in [9.17, 15) is 0 Å². The molecule has 0 radical (unpaired) electrons. The van der Waals surface area contributed by atoms with Crippen LogP contribution < -0.4 is 14.8 Å². The molecule has 1 aromatic heterocycles. The number of halogens is 1. The fraction of sp³-hybridized carbons (Fsp3) is 0.333. The molecule has 0 bridgehead atoms. The van der Waals surface area contributed by atoms with Crippen molar-refractivity contribution >= 4 is 12.4 Å². The smallest absolute Gasteiger partial charge is 0.122 e. The third-order valence-corrected chi connectivity index (χ3v) is 4.66. The van der Waals surface area contributed by atoms with E-state index in [0.29, 0.717) is 0 Å². The van der Waals surface area contributed by atoms with E-state index in [0.717, 1.165) is 36.8 Å². The molecule has 5 heteroatoms. The highest BCUT2D eigenvalue weighted by atomic mass is 35.5. The molecule has 1 atom stereocenters. The van der Waals surface area contributed by atoms with Gasteiger partial charge in [-0.3, -0.25) is 0 Å². The molecular formula is C24H30ClNO3. The summed E-state index contributed by atoms with van der Waals surface area (Å²) >= 11 is 0. The molecule has 0 aliphatic rings. The van der Waals surface area contributed by atoms with E-state index in [1.165, 1.54) is 11.1 Å². The zero-order chi connectivity index (χ0) is 19.8. The molecule has 0 saturated heterocycles. The molecule has 4 nitrogen and oxygen atoms in total. The minimum Gasteiger partial charge on any atom is -0.496 e. The zero-order valence-corrected chi connectivity index (χ0v) is 18.1. The van der Waals surface area contributed by atoms with Gasteiger partial charge in [0.2, 0.25) is 0 Å². The summed E-state index contributed by atoms with van der Waals surface area (Å²) in [5.41, 5.74) is 2.45. The molecule has 1 unspecified atom stereocenters. The summed E-state index contributed by atoms with van der Waals surface area (Å²) in [6.07, 6.45) is 2.82. The quantitative estimate of drug-likeness (QED) is 0.424. The van der Waals surface area contributed by atoms with Crippen molar-refractivity contribution < 1.29 is 13.9 Å². The first-order chi connectivity index (χ1) is 13.7. The number of nitrogens with one attached hydrogen (secondary N) is 1. The van der Waals surface area contributed by atoms with Crippen molar-refractivity contribution in [3.63, 3.8) is 0 Å². The van der Waals surface area contributed by atoms with Crippen LogP contribution >= 0.6 is 12.4 Å². The Labute approximate surface area is 179 Å². The predicted octanol–water partition coefficient (Wildman–Crippen LogP) is 5.81. The van der Waals surface area contributed by atoms with E-state index in [1.54, 1.807) is 13.4 Å². The molecule has 156 valence electrons. The van der Waals surface area contributed by atoms with E-state index < -0.39 is 0 Å². The molecule has 0 aliphatic carbocycles. The van der Waals surface area contributed by atoms with Crippen LogP contribution in [0, 0.1) is 0 Å². The van der Waals surface area contributed by atoms with Gasteiger partial charge in [-0.2, -0.15) is 0 Å². The summed E-state index contributed by atoms with van der Waals surface area (Å²) in [5.74, 6) is 2.99. The van der Waals surface area contributed by atoms with Gasteiger partial charge in [-0.25, -0.2) is 0 Å². The monoisotopic (exact) mass is 415 g/mol. The molecule has 0 saturated carbocycles. The van der Waals surface area contributed by atoms with Gasteiger partial charge in [-0.1, -0.05) is 30.3 Å². The lowest BCUT2D eigenvalue weighted by atomic mass is 9.88. The molecule has 1 heterocycles. The summed E-state index contributed by atoms with van der Waals surface area (Å²) in [7, 11) is 1.73. The standard InChI is InChI=1S/C24H29NO3.ClH/c1-18(2)28-20-12-10-19(11-13-20)22(23-8-4-5-9-24(23)26-3)14-15-25-17-21-7-6-16-27-21;/h4-13,16,18,22,25H,14-15,17H2,1-3H3;1H. The first-order valence-electron chi connectivity index (χ1n) is 9.80. The summed E-state index contributed by atoms with van der Waals surface area (Å²) in [6, 6.07) is 20.5. The first-order valence-corrected chi connectivity index (χ1v) is 9.80. The minimum absolute atomic E-state index is 0. The maximum absolute atomic E-state index is 5.79. The highest BCUT2D eigenvalue weighted by Gasteiger charge is 2.18. The molecule has 0 spiro atoms. The van der Waals surface area contributed by atoms with E-state index in [-0.39, 0.29) is 24.4 Å². The lowest BCUT2D eigenvalue weighted by Crippen LogP contribution is -2.18. The Morgan fingerprint density at radius 2 is 1.72 bits per heavy atom. The Bertz CT molecular complexity index is 832. The lowest BCUT2D eigenvalue weighted by Gasteiger charge is -2.21. The van der Waals surface area contributed by atoms with Crippen LogP contribution in [0.3, 0.4) is 0 Å². The highest BCUT2D eigenvalue weighted by molar-refractivity contribution is 5.85. The van der Waals surface area contributed by atoms with Crippen LogP contribution in [-0.2, 0) is 6.54 Å². The minimum atomic E-state index is 0. The maximum Gasteiger partial charge on any atom is 0.122 e. The van der Waals surface area contributed by atoms with E-state index in [2.05, 4.69) is 29.6 Å². The highest BCUT2D eigenvalue weighted by Crippen LogP contribution is 2.34. The van der Waals surface area contributed by atoms with Gasteiger partial charge in [0, 0.05) is 11.5 Å². The fourth-order valence-electron chi connectivity index (χ4n) is 3.38. The van der Waals surface area contributed by atoms with Crippen molar-refractivity contribution in [2.24, 2.45) is 0 Å². The second-order valence-electron chi connectivity index (χ2n) is 7.07. The Kier molecular flexibility index (Phi) is 9.10. The van der Waals surface area contributed by atoms with Gasteiger partial charge in [0.05, 0.1) is 26.0 Å². The van der Waals surface area contributed by atoms with Crippen LogP contribution in [0.5, 0.6) is 11.5 Å². The molecule has 3 aromatic rings. The van der Waals surface area contributed by atoms with Crippen molar-refractivity contribution in [1.82, 2.24) is 5.32 Å². The van der Waals surface area contributed by atoms with Gasteiger partial charge >= 0.3 is 0 Å². The van der Waals surface area contributed by atoms with Gasteiger partial charge < -0.3 is 19.2 Å². The molecule has 29 heavy (non-hydrogen) atoms. The maximum atomic E-state index is 5.79. The van der Waals surface area contributed by atoms with Crippen LogP contribution in [0.15, 0.2) is 71.3 Å². The van der Waals surface area contributed by atoms with E-state index >= 15 is 0 Å². The Morgan fingerprint density at radius 3 is 2.38 bits per heavy atom. The first kappa shape index (κ1) is 22.9. The number of rotatable bonds is 10. The Balaban J connectivity index is 0.00000300. The summed E-state index contributed by atoms with van der Waals surface area (Å²) in [4.78, 5) is 0. The van der Waals surface area contributed by atoms with Gasteiger partial charge in [0.25, 0.3) is 0 Å². The largest absolute Gasteiger partial charge is 0.496 e. The number of hydrogen-bond acceptors (Lipinski definition) is 4. The predicted molar refractivity (Wildman–Crippen MR) is 119 cm³/mol. The summed E-state index contributed by atoms with van der Waals surface area (Å²) < 4.78 is 16.8. The lowest BCUT2D eigenvalue weighted by molar-refractivity contribution is 0.242. The number of furan rings is 1. The summed E-state index contributed by atoms with van der Waals surface area (Å²) in [6.45, 7) is 5.67. The average molecular weight is 416 g/mol. The van der Waals surface area contributed by atoms with Crippen LogP contribution in [0.4, 0.5) is 0 Å². The number of benzene rings is 2. The SMILES string of the molecule is COc1ccccc1C(CCNCc1ccco1)c1ccc(OC(C)C)cc1.Cl. The van der Waals surface area contributed by atoms with Gasteiger partial charge in [-0.05, 0) is 62.7 Å². The number of methoxy groups -OCH3 is 1. The molecule has 3 rings (SSSR count). The van der Waals surface area contributed by atoms with E-state index in [1.807, 2.05) is 50.2 Å². The second-order valence-corrected chi connectivity index (χ2v) is 7.07. The third-order valence-electron chi connectivity index (χ3n) is 4.66. The molecule has 0 aliphatic heterocycles. The zero-order valence-electron chi connectivity index (χ0n) is 17.3. The van der Waals surface area contributed by atoms with Crippen LogP contribution in [0.1, 0.15) is 43.1 Å². The van der Waals surface area contributed by atoms with Crippen molar-refractivity contribution in [2.75, 3.05) is 13.7 Å². The average Bonchev–Trinajstić information content (AvgIpc) is 3.22. The topological polar surface area (TPSA) is 43.6 Å². The summed E-state index contributed by atoms with van der Waals surface area (Å²) in [5, 5.41) is 3.47. The van der Waals surface area contributed by atoms with Crippen molar-refractivity contribution in [2.45, 2.75) is 38.8 Å². The second kappa shape index (κ2) is 11.5. The molecule has 2 aromatic carbocycles. The fourth-order valence-corrected chi connectivity index (χ4v) is 3.38. The Morgan fingerprint density at radius 1 is 0.966 bits per heavy atom. The molecule has 0 fully saturated rings. The Hall–Kier alpha value is -2.43. The van der Waals surface area contributed by atoms with Gasteiger partial charge in [-0.15, -0.1) is 12.4 Å². The van der Waals surface area contributed by atoms with E-state index in [4.69, 9.17) is 13.9 Å². The number of ether oxygens (including phenoxy) is 2. The molecular weight excluding hydrogens is 386 g/mol. The van der Waals surface area contributed by atoms with Gasteiger partial charge in [0.1, 0.15) is 17.3 Å². The molecule has 1 N–H and O–H groups in total. The van der Waals surface area contributed by atoms with Gasteiger partial charge in [0.15, 0.2) is 0 Å². The molecule has 0 amide bonds. The van der Waals surface area contributed by atoms with Crippen LogP contribution in [-0.4, -0.2) is 19.8 Å². The van der Waals surface area contributed by atoms with Crippen LogP contribution in [0.2, 0.25) is 0 Å². The third kappa shape index (κ3) is 6.55. The normalized spacial score (nSPS) is 11.7. The van der Waals surface area contributed by atoms with Crippen molar-refractivity contribution in [3.05, 3.63) is 83.8 Å². The van der Waals surface area contributed by atoms with Crippen molar-refractivity contribution in [1.29, 1.82) is 0 Å².